The molecule has 0 aliphatic heterocycles. The van der Waals surface area contributed by atoms with Crippen LogP contribution in [0.4, 0.5) is 0 Å². The average molecular weight is 288 g/mol. The molecule has 0 spiro atoms. The van der Waals surface area contributed by atoms with E-state index >= 15 is 0 Å². The SMILES string of the molecule is CCc1[nH]c(=O)n(Cc2ccccc2C(=N)N)c1C(=O)O. The van der Waals surface area contributed by atoms with Gasteiger partial charge >= 0.3 is 11.7 Å². The standard InChI is InChI=1S/C14H16N4O3/c1-2-10-11(13(19)20)18(14(21)17-10)7-8-5-3-4-6-9(8)12(15)16/h3-6H,2,7H2,1H3,(H3,15,16)(H,17,21)(H,19,20). The number of aromatic carboxylic acids is 1. The van der Waals surface area contributed by atoms with E-state index in [0.717, 1.165) is 4.57 Å². The number of aromatic nitrogens is 2. The van der Waals surface area contributed by atoms with E-state index in [0.29, 0.717) is 23.2 Å². The molecule has 2 aromatic rings. The van der Waals surface area contributed by atoms with E-state index in [2.05, 4.69) is 4.98 Å². The molecule has 0 amide bonds. The number of amidine groups is 1. The van der Waals surface area contributed by atoms with Gasteiger partial charge in [-0.15, -0.1) is 0 Å². The zero-order valence-electron chi connectivity index (χ0n) is 11.5. The first-order chi connectivity index (χ1) is 9.95. The molecular formula is C14H16N4O3. The molecule has 7 heteroatoms. The number of hydrogen-bond acceptors (Lipinski definition) is 3. The minimum atomic E-state index is -1.16. The van der Waals surface area contributed by atoms with Gasteiger partial charge in [-0.05, 0) is 12.0 Å². The number of nitrogens with two attached hydrogens (primary N) is 1. The maximum atomic E-state index is 12.0. The third-order valence-corrected chi connectivity index (χ3v) is 3.25. The molecule has 0 aliphatic rings. The molecule has 0 saturated carbocycles. The van der Waals surface area contributed by atoms with Crippen molar-refractivity contribution in [3.8, 4) is 0 Å². The summed E-state index contributed by atoms with van der Waals surface area (Å²) in [6.45, 7) is 1.82. The molecule has 2 rings (SSSR count). The van der Waals surface area contributed by atoms with Crippen LogP contribution in [0.15, 0.2) is 29.1 Å². The third-order valence-electron chi connectivity index (χ3n) is 3.25. The summed E-state index contributed by atoms with van der Waals surface area (Å²) in [7, 11) is 0. The number of hydrogen-bond donors (Lipinski definition) is 4. The second-order valence-electron chi connectivity index (χ2n) is 4.57. The number of carboxylic acids is 1. The molecule has 0 aliphatic carbocycles. The predicted molar refractivity (Wildman–Crippen MR) is 78.0 cm³/mol. The van der Waals surface area contributed by atoms with Crippen LogP contribution in [0, 0.1) is 5.41 Å². The van der Waals surface area contributed by atoms with Crippen molar-refractivity contribution >= 4 is 11.8 Å². The number of rotatable bonds is 5. The van der Waals surface area contributed by atoms with Crippen molar-refractivity contribution in [2.75, 3.05) is 0 Å². The number of nitrogens with one attached hydrogen (secondary N) is 2. The van der Waals surface area contributed by atoms with Gasteiger partial charge in [0, 0.05) is 5.56 Å². The van der Waals surface area contributed by atoms with E-state index in [-0.39, 0.29) is 18.1 Å². The van der Waals surface area contributed by atoms with Crippen LogP contribution in [0.1, 0.15) is 34.2 Å². The molecule has 0 saturated heterocycles. The Morgan fingerprint density at radius 3 is 2.67 bits per heavy atom. The summed E-state index contributed by atoms with van der Waals surface area (Å²) in [5.41, 5.74) is 6.46. The number of nitrogens with zero attached hydrogens (tertiary/aromatic N) is 1. The molecule has 0 fully saturated rings. The van der Waals surface area contributed by atoms with Crippen LogP contribution < -0.4 is 11.4 Å². The van der Waals surface area contributed by atoms with Crippen molar-refractivity contribution in [3.05, 3.63) is 57.3 Å². The summed E-state index contributed by atoms with van der Waals surface area (Å²) in [6, 6.07) is 6.86. The summed E-state index contributed by atoms with van der Waals surface area (Å²) in [6.07, 6.45) is 0.415. The Morgan fingerprint density at radius 1 is 1.43 bits per heavy atom. The highest BCUT2D eigenvalue weighted by atomic mass is 16.4. The van der Waals surface area contributed by atoms with Crippen molar-refractivity contribution in [1.82, 2.24) is 9.55 Å². The maximum Gasteiger partial charge on any atom is 0.354 e. The van der Waals surface area contributed by atoms with Gasteiger partial charge in [0.1, 0.15) is 5.84 Å². The molecule has 1 heterocycles. The second-order valence-corrected chi connectivity index (χ2v) is 4.57. The molecule has 7 nitrogen and oxygen atoms in total. The first kappa shape index (κ1) is 14.6. The Kier molecular flexibility index (Phi) is 3.93. The van der Waals surface area contributed by atoms with Gasteiger partial charge in [-0.1, -0.05) is 31.2 Å². The highest BCUT2D eigenvalue weighted by Crippen LogP contribution is 2.13. The smallest absolute Gasteiger partial charge is 0.354 e. The zero-order valence-corrected chi connectivity index (χ0v) is 11.5. The number of imidazole rings is 1. The third kappa shape index (κ3) is 2.71. The Labute approximate surface area is 120 Å². The van der Waals surface area contributed by atoms with Gasteiger partial charge in [0.05, 0.1) is 12.2 Å². The van der Waals surface area contributed by atoms with E-state index in [1.54, 1.807) is 31.2 Å². The first-order valence-corrected chi connectivity index (χ1v) is 6.43. The number of aromatic amines is 1. The Bertz CT molecular complexity index is 758. The Hall–Kier alpha value is -2.83. The van der Waals surface area contributed by atoms with Gasteiger partial charge in [0.2, 0.25) is 0 Å². The molecule has 0 radical (unpaired) electrons. The highest BCUT2D eigenvalue weighted by Gasteiger charge is 2.20. The number of aryl methyl sites for hydroxylation is 1. The number of H-pyrrole nitrogens is 1. The molecule has 1 aromatic carbocycles. The van der Waals surface area contributed by atoms with E-state index in [4.69, 9.17) is 11.1 Å². The van der Waals surface area contributed by atoms with Crippen LogP contribution in [-0.2, 0) is 13.0 Å². The topological polar surface area (TPSA) is 125 Å². The number of nitrogen functional groups attached to an aromatic ring is 1. The lowest BCUT2D eigenvalue weighted by Crippen LogP contribution is -2.23. The summed E-state index contributed by atoms with van der Waals surface area (Å²) in [5.74, 6) is -1.28. The number of carbonyl (C=O) groups is 1. The van der Waals surface area contributed by atoms with Crippen molar-refractivity contribution in [1.29, 1.82) is 5.41 Å². The minimum absolute atomic E-state index is 0.0483. The summed E-state index contributed by atoms with van der Waals surface area (Å²) in [4.78, 5) is 25.9. The fourth-order valence-corrected chi connectivity index (χ4v) is 2.26. The van der Waals surface area contributed by atoms with Crippen LogP contribution in [0.25, 0.3) is 0 Å². The van der Waals surface area contributed by atoms with Gasteiger partial charge in [-0.3, -0.25) is 9.98 Å². The molecule has 0 unspecified atom stereocenters. The molecule has 21 heavy (non-hydrogen) atoms. The largest absolute Gasteiger partial charge is 0.477 e. The van der Waals surface area contributed by atoms with Crippen molar-refractivity contribution in [2.24, 2.45) is 5.73 Å². The molecule has 5 N–H and O–H groups in total. The van der Waals surface area contributed by atoms with E-state index in [1.165, 1.54) is 0 Å². The quantitative estimate of drug-likeness (QED) is 0.479. The van der Waals surface area contributed by atoms with Crippen molar-refractivity contribution < 1.29 is 9.90 Å². The summed E-state index contributed by atoms with van der Waals surface area (Å²) < 4.78 is 1.16. The fourth-order valence-electron chi connectivity index (χ4n) is 2.26. The lowest BCUT2D eigenvalue weighted by molar-refractivity contribution is 0.0684. The number of carboxylic acid groups (broad SMARTS) is 1. The van der Waals surface area contributed by atoms with Gasteiger partial charge in [-0.2, -0.15) is 0 Å². The zero-order chi connectivity index (χ0) is 15.6. The maximum absolute atomic E-state index is 12.0. The van der Waals surface area contributed by atoms with Crippen molar-refractivity contribution in [2.45, 2.75) is 19.9 Å². The van der Waals surface area contributed by atoms with Gasteiger partial charge < -0.3 is 15.8 Å². The highest BCUT2D eigenvalue weighted by molar-refractivity contribution is 5.96. The van der Waals surface area contributed by atoms with Gasteiger partial charge in [0.25, 0.3) is 0 Å². The Balaban J connectivity index is 2.55. The van der Waals surface area contributed by atoms with Crippen LogP contribution in [0.3, 0.4) is 0 Å². The normalized spacial score (nSPS) is 10.5. The van der Waals surface area contributed by atoms with E-state index < -0.39 is 11.7 Å². The second kappa shape index (κ2) is 5.66. The van der Waals surface area contributed by atoms with Crippen LogP contribution in [0.5, 0.6) is 0 Å². The summed E-state index contributed by atoms with van der Waals surface area (Å²) >= 11 is 0. The van der Waals surface area contributed by atoms with Crippen molar-refractivity contribution in [3.63, 3.8) is 0 Å². The molecular weight excluding hydrogens is 272 g/mol. The molecule has 0 bridgehead atoms. The van der Waals surface area contributed by atoms with Crippen LogP contribution >= 0.6 is 0 Å². The lowest BCUT2D eigenvalue weighted by Gasteiger charge is -2.10. The first-order valence-electron chi connectivity index (χ1n) is 6.43. The monoisotopic (exact) mass is 288 g/mol. The average Bonchev–Trinajstić information content (AvgIpc) is 2.76. The van der Waals surface area contributed by atoms with Crippen LogP contribution in [0.2, 0.25) is 0 Å². The molecule has 0 atom stereocenters. The Morgan fingerprint density at radius 2 is 2.10 bits per heavy atom. The van der Waals surface area contributed by atoms with Gasteiger partial charge in [-0.25, -0.2) is 9.59 Å². The predicted octanol–water partition coefficient (Wildman–Crippen LogP) is 0.769. The van der Waals surface area contributed by atoms with Crippen LogP contribution in [-0.4, -0.2) is 26.5 Å². The van der Waals surface area contributed by atoms with E-state index in [9.17, 15) is 14.7 Å². The minimum Gasteiger partial charge on any atom is -0.477 e. The molecule has 110 valence electrons. The lowest BCUT2D eigenvalue weighted by atomic mass is 10.1. The summed E-state index contributed by atoms with van der Waals surface area (Å²) in [5, 5.41) is 16.8. The van der Waals surface area contributed by atoms with Gasteiger partial charge in [0.15, 0.2) is 5.69 Å². The van der Waals surface area contributed by atoms with E-state index in [1.807, 2.05) is 0 Å². The fraction of sp³-hybridized carbons (Fsp3) is 0.214. The molecule has 1 aromatic heterocycles. The number of benzene rings is 1.